The molecule has 0 radical (unpaired) electrons. The second kappa shape index (κ2) is 7.09. The van der Waals surface area contributed by atoms with Crippen molar-refractivity contribution in [3.05, 3.63) is 23.2 Å². The molecule has 20 heavy (non-hydrogen) atoms. The molecule has 0 fully saturated rings. The number of aromatic carboxylic acids is 1. The molecule has 0 aromatic carbocycles. The summed E-state index contributed by atoms with van der Waals surface area (Å²) in [5.74, 6) is -0.518. The third kappa shape index (κ3) is 4.38. The van der Waals surface area contributed by atoms with Crippen LogP contribution < -0.4 is 0 Å². The third-order valence-electron chi connectivity index (χ3n) is 2.94. The number of hydrogen-bond acceptors (Lipinski definition) is 4. The molecule has 1 amide bonds. The van der Waals surface area contributed by atoms with Crippen LogP contribution in [0.3, 0.4) is 0 Å². The molecule has 6 nitrogen and oxygen atoms in total. The maximum Gasteiger partial charge on any atom is 0.372 e. The number of carbonyl (C=O) groups excluding carboxylic acids is 1. The Kier molecular flexibility index (Phi) is 5.76. The Balaban J connectivity index is 2.77. The summed E-state index contributed by atoms with van der Waals surface area (Å²) in [4.78, 5) is 26.2. The largest absolute Gasteiger partial charge is 0.475 e. The van der Waals surface area contributed by atoms with E-state index in [-0.39, 0.29) is 11.7 Å². The van der Waals surface area contributed by atoms with Gasteiger partial charge in [0.2, 0.25) is 11.7 Å². The zero-order valence-corrected chi connectivity index (χ0v) is 12.5. The first kappa shape index (κ1) is 16.2. The van der Waals surface area contributed by atoms with Gasteiger partial charge in [-0.15, -0.1) is 0 Å². The Morgan fingerprint density at radius 3 is 2.45 bits per heavy atom. The number of carbonyl (C=O) groups is 2. The highest BCUT2D eigenvalue weighted by Crippen LogP contribution is 2.16. The lowest BCUT2D eigenvalue weighted by Crippen LogP contribution is -2.36. The summed E-state index contributed by atoms with van der Waals surface area (Å²) in [6.45, 7) is 5.21. The molecule has 1 aromatic heterocycles. The molecule has 0 bridgehead atoms. The highest BCUT2D eigenvalue weighted by atomic mass is 16.4. The van der Waals surface area contributed by atoms with Crippen molar-refractivity contribution in [2.75, 3.05) is 27.2 Å². The first-order chi connectivity index (χ1) is 9.35. The standard InChI is InChI=1S/C14H22N2O4/c1-5-6-16(9-12(17)15(3)4)8-11-7-10(2)13(20-11)14(18)19/h7H,5-6,8-9H2,1-4H3,(H,18,19). The first-order valence-corrected chi connectivity index (χ1v) is 6.60. The fraction of sp³-hybridized carbons (Fsp3) is 0.571. The van der Waals surface area contributed by atoms with Crippen LogP contribution in [0.1, 0.15) is 35.2 Å². The van der Waals surface area contributed by atoms with E-state index in [0.29, 0.717) is 24.4 Å². The van der Waals surface area contributed by atoms with Gasteiger partial charge < -0.3 is 14.4 Å². The van der Waals surface area contributed by atoms with Crippen LogP contribution in [0.25, 0.3) is 0 Å². The number of hydrogen-bond donors (Lipinski definition) is 1. The van der Waals surface area contributed by atoms with Gasteiger partial charge in [0.05, 0.1) is 13.1 Å². The number of amides is 1. The fourth-order valence-corrected chi connectivity index (χ4v) is 1.92. The molecule has 6 heteroatoms. The average Bonchev–Trinajstić information content (AvgIpc) is 2.70. The summed E-state index contributed by atoms with van der Waals surface area (Å²) >= 11 is 0. The number of rotatable bonds is 7. The molecule has 1 rings (SSSR count). The lowest BCUT2D eigenvalue weighted by atomic mass is 10.2. The lowest BCUT2D eigenvalue weighted by Gasteiger charge is -2.21. The van der Waals surface area contributed by atoms with E-state index in [1.54, 1.807) is 32.0 Å². The van der Waals surface area contributed by atoms with Gasteiger partial charge in [-0.1, -0.05) is 6.92 Å². The van der Waals surface area contributed by atoms with Gasteiger partial charge in [0.25, 0.3) is 0 Å². The first-order valence-electron chi connectivity index (χ1n) is 6.60. The smallest absolute Gasteiger partial charge is 0.372 e. The summed E-state index contributed by atoms with van der Waals surface area (Å²) in [6.07, 6.45) is 0.909. The second-order valence-electron chi connectivity index (χ2n) is 5.03. The van der Waals surface area contributed by atoms with E-state index in [1.165, 1.54) is 0 Å². The molecule has 0 spiro atoms. The minimum atomic E-state index is -1.07. The molecule has 0 saturated carbocycles. The minimum absolute atomic E-state index is 0.0141. The van der Waals surface area contributed by atoms with Crippen LogP contribution in [-0.4, -0.2) is 54.0 Å². The molecule has 112 valence electrons. The van der Waals surface area contributed by atoms with Crippen LogP contribution >= 0.6 is 0 Å². The zero-order chi connectivity index (χ0) is 15.3. The van der Waals surface area contributed by atoms with Crippen LogP contribution in [0.15, 0.2) is 10.5 Å². The Morgan fingerprint density at radius 1 is 1.35 bits per heavy atom. The predicted molar refractivity (Wildman–Crippen MR) is 74.7 cm³/mol. The van der Waals surface area contributed by atoms with E-state index in [4.69, 9.17) is 9.52 Å². The van der Waals surface area contributed by atoms with Crippen LogP contribution in [-0.2, 0) is 11.3 Å². The van der Waals surface area contributed by atoms with Gasteiger partial charge in [0, 0.05) is 19.7 Å². The van der Waals surface area contributed by atoms with Gasteiger partial charge in [-0.25, -0.2) is 4.79 Å². The molecule has 1 N–H and O–H groups in total. The summed E-state index contributed by atoms with van der Waals surface area (Å²) in [7, 11) is 3.43. The lowest BCUT2D eigenvalue weighted by molar-refractivity contribution is -0.130. The third-order valence-corrected chi connectivity index (χ3v) is 2.94. The van der Waals surface area contributed by atoms with Gasteiger partial charge in [0.1, 0.15) is 5.76 Å². The van der Waals surface area contributed by atoms with E-state index >= 15 is 0 Å². The molecule has 1 heterocycles. The predicted octanol–water partition coefficient (Wildman–Crippen LogP) is 1.59. The van der Waals surface area contributed by atoms with E-state index in [0.717, 1.165) is 13.0 Å². The maximum atomic E-state index is 11.8. The molecule has 0 unspecified atom stereocenters. The Labute approximate surface area is 119 Å². The number of carboxylic acid groups (broad SMARTS) is 1. The maximum absolute atomic E-state index is 11.8. The average molecular weight is 282 g/mol. The number of furan rings is 1. The van der Waals surface area contributed by atoms with E-state index in [1.807, 2.05) is 11.8 Å². The molecular formula is C14H22N2O4. The normalized spacial score (nSPS) is 10.8. The van der Waals surface area contributed by atoms with Crippen LogP contribution in [0, 0.1) is 6.92 Å². The van der Waals surface area contributed by atoms with Crippen molar-refractivity contribution in [3.8, 4) is 0 Å². The molecule has 1 aromatic rings. The van der Waals surface area contributed by atoms with Gasteiger partial charge >= 0.3 is 5.97 Å². The Hall–Kier alpha value is -1.82. The summed E-state index contributed by atoms with van der Waals surface area (Å²) in [6, 6.07) is 1.71. The van der Waals surface area contributed by atoms with Gasteiger partial charge in [0.15, 0.2) is 0 Å². The SMILES string of the molecule is CCCN(CC(=O)N(C)C)Cc1cc(C)c(C(=O)O)o1. The van der Waals surface area contributed by atoms with E-state index in [9.17, 15) is 9.59 Å². The van der Waals surface area contributed by atoms with E-state index < -0.39 is 5.97 Å². The van der Waals surface area contributed by atoms with Crippen molar-refractivity contribution in [3.63, 3.8) is 0 Å². The minimum Gasteiger partial charge on any atom is -0.475 e. The second-order valence-corrected chi connectivity index (χ2v) is 5.03. The van der Waals surface area contributed by atoms with E-state index in [2.05, 4.69) is 0 Å². The van der Waals surface area contributed by atoms with Crippen molar-refractivity contribution in [1.29, 1.82) is 0 Å². The molecule has 0 aliphatic rings. The number of nitrogens with zero attached hydrogens (tertiary/aromatic N) is 2. The Bertz CT molecular complexity index is 480. The molecular weight excluding hydrogens is 260 g/mol. The monoisotopic (exact) mass is 282 g/mol. The zero-order valence-electron chi connectivity index (χ0n) is 12.5. The van der Waals surface area contributed by atoms with Crippen molar-refractivity contribution < 1.29 is 19.1 Å². The van der Waals surface area contributed by atoms with Gasteiger partial charge in [-0.05, 0) is 26.0 Å². The van der Waals surface area contributed by atoms with Crippen LogP contribution in [0.2, 0.25) is 0 Å². The number of carboxylic acids is 1. The highest BCUT2D eigenvalue weighted by Gasteiger charge is 2.18. The van der Waals surface area contributed by atoms with Crippen molar-refractivity contribution in [1.82, 2.24) is 9.80 Å². The summed E-state index contributed by atoms with van der Waals surface area (Å²) in [5, 5.41) is 8.97. The van der Waals surface area contributed by atoms with Crippen LogP contribution in [0.5, 0.6) is 0 Å². The topological polar surface area (TPSA) is 74.0 Å². The number of aryl methyl sites for hydroxylation is 1. The summed E-state index contributed by atoms with van der Waals surface area (Å²) < 4.78 is 5.33. The summed E-state index contributed by atoms with van der Waals surface area (Å²) in [5.41, 5.74) is 0.600. The van der Waals surface area contributed by atoms with Crippen LogP contribution in [0.4, 0.5) is 0 Å². The van der Waals surface area contributed by atoms with Gasteiger partial charge in [-0.2, -0.15) is 0 Å². The fourth-order valence-electron chi connectivity index (χ4n) is 1.92. The Morgan fingerprint density at radius 2 is 2.00 bits per heavy atom. The van der Waals surface area contributed by atoms with Gasteiger partial charge in [-0.3, -0.25) is 9.69 Å². The van der Waals surface area contributed by atoms with Crippen molar-refractivity contribution in [2.24, 2.45) is 0 Å². The molecule has 0 aliphatic heterocycles. The quantitative estimate of drug-likeness (QED) is 0.822. The van der Waals surface area contributed by atoms with Crippen molar-refractivity contribution >= 4 is 11.9 Å². The molecule has 0 aliphatic carbocycles. The molecule has 0 atom stereocenters. The molecule has 0 saturated heterocycles. The van der Waals surface area contributed by atoms with Crippen molar-refractivity contribution in [2.45, 2.75) is 26.8 Å². The number of likely N-dealkylation sites (N-methyl/N-ethyl adjacent to an activating group) is 1. The highest BCUT2D eigenvalue weighted by molar-refractivity contribution is 5.86.